The van der Waals surface area contributed by atoms with Crippen molar-refractivity contribution < 1.29 is 18.8 Å². The number of hydrogen-bond acceptors (Lipinski definition) is 6. The summed E-state index contributed by atoms with van der Waals surface area (Å²) in [5.41, 5.74) is 0. The largest absolute Gasteiger partial charge is 0.467 e. The third-order valence-electron chi connectivity index (χ3n) is 5.67. The Hall–Kier alpha value is -2.65. The van der Waals surface area contributed by atoms with Gasteiger partial charge in [-0.1, -0.05) is 6.07 Å². The molecule has 9 heteroatoms. The molecule has 0 aliphatic carbocycles. The zero-order valence-corrected chi connectivity index (χ0v) is 17.6. The second-order valence-corrected chi connectivity index (χ2v) is 8.52. The Morgan fingerprint density at radius 2 is 1.87 bits per heavy atom. The van der Waals surface area contributed by atoms with Crippen LogP contribution in [0, 0.1) is 0 Å². The summed E-state index contributed by atoms with van der Waals surface area (Å²) in [6.45, 7) is 3.45. The molecule has 1 unspecified atom stereocenters. The van der Waals surface area contributed by atoms with Crippen LogP contribution in [-0.4, -0.2) is 77.7 Å². The van der Waals surface area contributed by atoms with Gasteiger partial charge in [-0.2, -0.15) is 0 Å². The number of rotatable bonds is 6. The van der Waals surface area contributed by atoms with Crippen LogP contribution in [0.25, 0.3) is 0 Å². The predicted molar refractivity (Wildman–Crippen MR) is 112 cm³/mol. The third kappa shape index (κ3) is 4.73. The molecule has 0 aromatic carbocycles. The summed E-state index contributed by atoms with van der Waals surface area (Å²) in [5, 5.41) is 4.79. The quantitative estimate of drug-likeness (QED) is 0.749. The topological polar surface area (TPSA) is 86.1 Å². The zero-order chi connectivity index (χ0) is 20.9. The number of hydrogen-bond donors (Lipinski definition) is 1. The minimum Gasteiger partial charge on any atom is -0.467 e. The highest BCUT2D eigenvalue weighted by atomic mass is 32.1. The Bertz CT molecular complexity index is 860. The Kier molecular flexibility index (Phi) is 6.49. The molecule has 3 amide bonds. The highest BCUT2D eigenvalue weighted by Crippen LogP contribution is 2.19. The van der Waals surface area contributed by atoms with Gasteiger partial charge in [-0.05, 0) is 43.0 Å². The first-order valence-electron chi connectivity index (χ1n) is 10.3. The molecule has 4 heterocycles. The van der Waals surface area contributed by atoms with Crippen molar-refractivity contribution in [2.75, 3.05) is 39.3 Å². The Labute approximate surface area is 179 Å². The molecule has 1 N–H and O–H groups in total. The van der Waals surface area contributed by atoms with Gasteiger partial charge in [0.25, 0.3) is 5.91 Å². The molecule has 2 aliphatic heterocycles. The van der Waals surface area contributed by atoms with E-state index in [1.54, 1.807) is 22.1 Å². The fraction of sp³-hybridized carbons (Fsp3) is 0.476. The predicted octanol–water partition coefficient (Wildman–Crippen LogP) is 1.41. The van der Waals surface area contributed by atoms with Gasteiger partial charge < -0.3 is 19.5 Å². The van der Waals surface area contributed by atoms with Gasteiger partial charge in [0, 0.05) is 26.2 Å². The first-order valence-corrected chi connectivity index (χ1v) is 11.1. The summed E-state index contributed by atoms with van der Waals surface area (Å²) in [7, 11) is 0. The van der Waals surface area contributed by atoms with Crippen molar-refractivity contribution in [2.24, 2.45) is 0 Å². The summed E-state index contributed by atoms with van der Waals surface area (Å²) >= 11 is 1.44. The maximum Gasteiger partial charge on any atom is 0.264 e. The molecule has 4 rings (SSSR count). The first kappa shape index (κ1) is 20.6. The number of thiophene rings is 1. The Balaban J connectivity index is 1.25. The molecule has 2 aromatic rings. The van der Waals surface area contributed by atoms with Crippen LogP contribution in [0.5, 0.6) is 0 Å². The van der Waals surface area contributed by atoms with Gasteiger partial charge in [-0.25, -0.2) is 0 Å². The van der Waals surface area contributed by atoms with Crippen LogP contribution in [0.2, 0.25) is 0 Å². The van der Waals surface area contributed by atoms with Crippen molar-refractivity contribution in [3.8, 4) is 0 Å². The molecule has 0 saturated carbocycles. The lowest BCUT2D eigenvalue weighted by Crippen LogP contribution is -2.53. The number of carbonyl (C=O) groups is 3. The third-order valence-corrected chi connectivity index (χ3v) is 6.53. The van der Waals surface area contributed by atoms with E-state index >= 15 is 0 Å². The second kappa shape index (κ2) is 9.44. The zero-order valence-electron chi connectivity index (χ0n) is 16.8. The fourth-order valence-corrected chi connectivity index (χ4v) is 4.70. The summed E-state index contributed by atoms with van der Waals surface area (Å²) in [6, 6.07) is 7.02. The summed E-state index contributed by atoms with van der Waals surface area (Å²) in [5.74, 6) is 0.691. The molecule has 2 saturated heterocycles. The number of nitrogens with zero attached hydrogens (tertiary/aromatic N) is 3. The molecular weight excluding hydrogens is 404 g/mol. The second-order valence-electron chi connectivity index (χ2n) is 7.58. The van der Waals surface area contributed by atoms with E-state index in [1.165, 1.54) is 11.3 Å². The van der Waals surface area contributed by atoms with Crippen molar-refractivity contribution >= 4 is 29.1 Å². The standard InChI is InChI=1S/C21H26N4O4S/c26-19(23-8-10-24(11-9-23)21(28)18-6-3-13-30-18)15-25-7-1-5-17(25)20(27)22-14-16-4-2-12-29-16/h2-4,6,12-13,17H,1,5,7-11,14-15H2,(H,22,27). The molecule has 0 bridgehead atoms. The van der Waals surface area contributed by atoms with E-state index in [0.29, 0.717) is 38.5 Å². The van der Waals surface area contributed by atoms with E-state index in [0.717, 1.165) is 24.3 Å². The van der Waals surface area contributed by atoms with Crippen LogP contribution in [0.3, 0.4) is 0 Å². The monoisotopic (exact) mass is 430 g/mol. The van der Waals surface area contributed by atoms with Gasteiger partial charge in [0.2, 0.25) is 11.8 Å². The number of amides is 3. The van der Waals surface area contributed by atoms with Crippen LogP contribution in [0.1, 0.15) is 28.3 Å². The number of furan rings is 1. The average molecular weight is 431 g/mol. The fourth-order valence-electron chi connectivity index (χ4n) is 4.01. The lowest BCUT2D eigenvalue weighted by molar-refractivity contribution is -0.135. The smallest absolute Gasteiger partial charge is 0.264 e. The van der Waals surface area contributed by atoms with Gasteiger partial charge in [-0.15, -0.1) is 11.3 Å². The van der Waals surface area contributed by atoms with Crippen LogP contribution in [0.4, 0.5) is 0 Å². The molecular formula is C21H26N4O4S. The minimum atomic E-state index is -0.286. The van der Waals surface area contributed by atoms with E-state index in [-0.39, 0.29) is 30.3 Å². The van der Waals surface area contributed by atoms with Crippen molar-refractivity contribution in [3.05, 3.63) is 46.5 Å². The minimum absolute atomic E-state index is 0.0176. The molecule has 30 heavy (non-hydrogen) atoms. The number of nitrogens with one attached hydrogen (secondary N) is 1. The van der Waals surface area contributed by atoms with Crippen LogP contribution >= 0.6 is 11.3 Å². The molecule has 0 radical (unpaired) electrons. The van der Waals surface area contributed by atoms with E-state index in [9.17, 15) is 14.4 Å². The molecule has 8 nitrogen and oxygen atoms in total. The van der Waals surface area contributed by atoms with Crippen molar-refractivity contribution in [2.45, 2.75) is 25.4 Å². The molecule has 2 fully saturated rings. The van der Waals surface area contributed by atoms with Gasteiger partial charge >= 0.3 is 0 Å². The average Bonchev–Trinajstić information content (AvgIpc) is 3.54. The summed E-state index contributed by atoms with van der Waals surface area (Å²) in [4.78, 5) is 44.1. The molecule has 0 spiro atoms. The molecule has 1 atom stereocenters. The van der Waals surface area contributed by atoms with E-state index < -0.39 is 0 Å². The van der Waals surface area contributed by atoms with Crippen LogP contribution in [-0.2, 0) is 16.1 Å². The molecule has 2 aromatic heterocycles. The maximum atomic E-state index is 12.8. The lowest BCUT2D eigenvalue weighted by atomic mass is 10.2. The van der Waals surface area contributed by atoms with E-state index in [4.69, 9.17) is 4.42 Å². The Morgan fingerprint density at radius 1 is 1.07 bits per heavy atom. The van der Waals surface area contributed by atoms with Crippen LogP contribution < -0.4 is 5.32 Å². The number of carbonyl (C=O) groups excluding carboxylic acids is 3. The number of likely N-dealkylation sites (tertiary alicyclic amines) is 1. The van der Waals surface area contributed by atoms with Crippen molar-refractivity contribution in [3.63, 3.8) is 0 Å². The van der Waals surface area contributed by atoms with Crippen LogP contribution in [0.15, 0.2) is 40.3 Å². The maximum absolute atomic E-state index is 12.8. The van der Waals surface area contributed by atoms with Crippen molar-refractivity contribution in [1.82, 2.24) is 20.0 Å². The first-order chi connectivity index (χ1) is 14.6. The molecule has 160 valence electrons. The lowest BCUT2D eigenvalue weighted by Gasteiger charge is -2.35. The van der Waals surface area contributed by atoms with Gasteiger partial charge in [0.1, 0.15) is 5.76 Å². The van der Waals surface area contributed by atoms with Gasteiger partial charge in [-0.3, -0.25) is 19.3 Å². The van der Waals surface area contributed by atoms with Gasteiger partial charge in [0.05, 0.1) is 30.3 Å². The molecule has 2 aliphatic rings. The highest BCUT2D eigenvalue weighted by molar-refractivity contribution is 7.12. The van der Waals surface area contributed by atoms with E-state index in [2.05, 4.69) is 5.32 Å². The van der Waals surface area contributed by atoms with Crippen molar-refractivity contribution in [1.29, 1.82) is 0 Å². The van der Waals surface area contributed by atoms with Gasteiger partial charge in [0.15, 0.2) is 0 Å². The highest BCUT2D eigenvalue weighted by Gasteiger charge is 2.33. The summed E-state index contributed by atoms with van der Waals surface area (Å²) in [6.07, 6.45) is 3.23. The SMILES string of the molecule is O=C(NCc1ccco1)C1CCCN1CC(=O)N1CCN(C(=O)c2cccs2)CC1. The Morgan fingerprint density at radius 3 is 2.57 bits per heavy atom. The normalized spacial score (nSPS) is 19.8. The van der Waals surface area contributed by atoms with E-state index in [1.807, 2.05) is 28.5 Å². The summed E-state index contributed by atoms with van der Waals surface area (Å²) < 4.78 is 5.25. The number of piperazine rings is 1.